The number of benzene rings is 2. The maximum absolute atomic E-state index is 12.1. The van der Waals surface area contributed by atoms with E-state index in [4.69, 9.17) is 4.74 Å². The van der Waals surface area contributed by atoms with Gasteiger partial charge in [-0.05, 0) is 24.3 Å². The number of nitrogens with zero attached hydrogens (tertiary/aromatic N) is 1. The number of aromatic amines is 1. The lowest BCUT2D eigenvalue weighted by molar-refractivity contribution is 0.415. The number of ether oxygens (including phenoxy) is 1. The number of para-hydroxylation sites is 1. The molecule has 20 heavy (non-hydrogen) atoms. The quantitative estimate of drug-likeness (QED) is 0.769. The summed E-state index contributed by atoms with van der Waals surface area (Å²) in [6.45, 7) is 0. The molecule has 5 nitrogen and oxygen atoms in total. The number of nitrogens with one attached hydrogen (secondary N) is 1. The Morgan fingerprint density at radius 3 is 2.50 bits per heavy atom. The van der Waals surface area contributed by atoms with Crippen LogP contribution in [0.1, 0.15) is 0 Å². The summed E-state index contributed by atoms with van der Waals surface area (Å²) < 4.78 is 6.62. The zero-order chi connectivity index (χ0) is 14.1. The SMILES string of the molecule is COc1ccc2c(=O)[nH]c(=O)n(-c3ccccc3)c2c1. The number of aromatic nitrogens is 2. The van der Waals surface area contributed by atoms with Crippen LogP contribution in [0, 0.1) is 0 Å². The van der Waals surface area contributed by atoms with Crippen molar-refractivity contribution < 1.29 is 4.74 Å². The van der Waals surface area contributed by atoms with Gasteiger partial charge in [0.05, 0.1) is 23.7 Å². The van der Waals surface area contributed by atoms with E-state index in [2.05, 4.69) is 4.98 Å². The van der Waals surface area contributed by atoms with Crippen LogP contribution in [0.3, 0.4) is 0 Å². The lowest BCUT2D eigenvalue weighted by atomic mass is 10.2. The van der Waals surface area contributed by atoms with Crippen molar-refractivity contribution in [2.45, 2.75) is 0 Å². The minimum Gasteiger partial charge on any atom is -0.497 e. The van der Waals surface area contributed by atoms with Crippen molar-refractivity contribution in [1.29, 1.82) is 0 Å². The second-order valence-corrected chi connectivity index (χ2v) is 4.31. The molecule has 1 heterocycles. The maximum Gasteiger partial charge on any atom is 0.333 e. The Balaban J connectivity index is 2.47. The first-order valence-electron chi connectivity index (χ1n) is 6.09. The van der Waals surface area contributed by atoms with Crippen molar-refractivity contribution in [3.05, 3.63) is 69.4 Å². The third-order valence-electron chi connectivity index (χ3n) is 3.13. The molecule has 0 saturated heterocycles. The third-order valence-corrected chi connectivity index (χ3v) is 3.13. The van der Waals surface area contributed by atoms with Crippen molar-refractivity contribution >= 4 is 10.9 Å². The predicted molar refractivity (Wildman–Crippen MR) is 76.7 cm³/mol. The van der Waals surface area contributed by atoms with Gasteiger partial charge in [0, 0.05) is 6.07 Å². The van der Waals surface area contributed by atoms with Crippen molar-refractivity contribution in [3.8, 4) is 11.4 Å². The van der Waals surface area contributed by atoms with Gasteiger partial charge in [-0.1, -0.05) is 18.2 Å². The molecule has 0 spiro atoms. The first-order chi connectivity index (χ1) is 9.70. The summed E-state index contributed by atoms with van der Waals surface area (Å²) >= 11 is 0. The first kappa shape index (κ1) is 12.2. The lowest BCUT2D eigenvalue weighted by Crippen LogP contribution is -2.29. The highest BCUT2D eigenvalue weighted by atomic mass is 16.5. The van der Waals surface area contributed by atoms with Gasteiger partial charge in [-0.15, -0.1) is 0 Å². The van der Waals surface area contributed by atoms with E-state index < -0.39 is 11.2 Å². The van der Waals surface area contributed by atoms with Gasteiger partial charge in [0.2, 0.25) is 0 Å². The van der Waals surface area contributed by atoms with Crippen LogP contribution in [0.4, 0.5) is 0 Å². The van der Waals surface area contributed by atoms with E-state index in [0.717, 1.165) is 0 Å². The van der Waals surface area contributed by atoms with Gasteiger partial charge in [-0.3, -0.25) is 14.3 Å². The van der Waals surface area contributed by atoms with Crippen LogP contribution < -0.4 is 16.0 Å². The number of rotatable bonds is 2. The molecule has 0 amide bonds. The Labute approximate surface area is 114 Å². The van der Waals surface area contributed by atoms with E-state index in [-0.39, 0.29) is 0 Å². The van der Waals surface area contributed by atoms with Crippen LogP contribution in [0.2, 0.25) is 0 Å². The van der Waals surface area contributed by atoms with E-state index in [1.165, 1.54) is 4.57 Å². The fraction of sp³-hybridized carbons (Fsp3) is 0.0667. The zero-order valence-electron chi connectivity index (χ0n) is 10.8. The molecule has 0 aliphatic carbocycles. The molecule has 3 aromatic rings. The smallest absolute Gasteiger partial charge is 0.333 e. The van der Waals surface area contributed by atoms with Gasteiger partial charge >= 0.3 is 5.69 Å². The van der Waals surface area contributed by atoms with Gasteiger partial charge in [-0.25, -0.2) is 4.79 Å². The van der Waals surface area contributed by atoms with Gasteiger partial charge in [0.1, 0.15) is 5.75 Å². The molecule has 0 atom stereocenters. The van der Waals surface area contributed by atoms with Gasteiger partial charge in [0.25, 0.3) is 5.56 Å². The Morgan fingerprint density at radius 1 is 1.05 bits per heavy atom. The molecule has 0 bridgehead atoms. The summed E-state index contributed by atoms with van der Waals surface area (Å²) in [6.07, 6.45) is 0. The summed E-state index contributed by atoms with van der Waals surface area (Å²) in [5.41, 5.74) is 0.332. The molecule has 100 valence electrons. The van der Waals surface area contributed by atoms with Gasteiger partial charge in [-0.2, -0.15) is 0 Å². The molecule has 1 aromatic heterocycles. The van der Waals surface area contributed by atoms with E-state index in [0.29, 0.717) is 22.3 Å². The van der Waals surface area contributed by atoms with E-state index in [9.17, 15) is 9.59 Å². The molecule has 0 aliphatic rings. The fourth-order valence-electron chi connectivity index (χ4n) is 2.18. The van der Waals surface area contributed by atoms with Crippen LogP contribution in [-0.2, 0) is 0 Å². The highest BCUT2D eigenvalue weighted by molar-refractivity contribution is 5.81. The Morgan fingerprint density at radius 2 is 1.80 bits per heavy atom. The maximum atomic E-state index is 12.1. The highest BCUT2D eigenvalue weighted by Gasteiger charge is 2.09. The lowest BCUT2D eigenvalue weighted by Gasteiger charge is -2.10. The molecule has 0 unspecified atom stereocenters. The molecule has 5 heteroatoms. The largest absolute Gasteiger partial charge is 0.497 e. The monoisotopic (exact) mass is 268 g/mol. The Bertz CT molecular complexity index is 879. The van der Waals surface area contributed by atoms with E-state index in [1.807, 2.05) is 18.2 Å². The Kier molecular flexibility index (Phi) is 2.87. The standard InChI is InChI=1S/C15H12N2O3/c1-20-11-7-8-12-13(9-11)17(15(19)16-14(12)18)10-5-3-2-4-6-10/h2-9H,1H3,(H,16,18,19). The zero-order valence-corrected chi connectivity index (χ0v) is 10.8. The third kappa shape index (κ3) is 1.89. The van der Waals surface area contributed by atoms with Crippen molar-refractivity contribution in [3.63, 3.8) is 0 Å². The van der Waals surface area contributed by atoms with Crippen LogP contribution >= 0.6 is 0 Å². The minimum atomic E-state index is -0.470. The molecular formula is C15H12N2O3. The molecule has 0 fully saturated rings. The second kappa shape index (κ2) is 4.70. The number of hydrogen-bond donors (Lipinski definition) is 1. The van der Waals surface area contributed by atoms with Crippen molar-refractivity contribution in [1.82, 2.24) is 9.55 Å². The molecular weight excluding hydrogens is 256 g/mol. The number of H-pyrrole nitrogens is 1. The van der Waals surface area contributed by atoms with Crippen LogP contribution in [0.5, 0.6) is 5.75 Å². The highest BCUT2D eigenvalue weighted by Crippen LogP contribution is 2.19. The second-order valence-electron chi connectivity index (χ2n) is 4.31. The van der Waals surface area contributed by atoms with Crippen molar-refractivity contribution in [2.24, 2.45) is 0 Å². The summed E-state index contributed by atoms with van der Waals surface area (Å²) in [4.78, 5) is 26.3. The molecule has 1 N–H and O–H groups in total. The predicted octanol–water partition coefficient (Wildman–Crippen LogP) is 1.69. The van der Waals surface area contributed by atoms with Gasteiger partial charge in [0.15, 0.2) is 0 Å². The molecule has 3 rings (SSSR count). The average Bonchev–Trinajstić information content (AvgIpc) is 2.47. The Hall–Kier alpha value is -2.82. The number of hydrogen-bond acceptors (Lipinski definition) is 3. The topological polar surface area (TPSA) is 64.1 Å². The normalized spacial score (nSPS) is 10.7. The number of fused-ring (bicyclic) bond motifs is 1. The van der Waals surface area contributed by atoms with E-state index >= 15 is 0 Å². The van der Waals surface area contributed by atoms with E-state index in [1.54, 1.807) is 37.4 Å². The van der Waals surface area contributed by atoms with Crippen LogP contribution in [0.15, 0.2) is 58.1 Å². The van der Waals surface area contributed by atoms with Crippen LogP contribution in [-0.4, -0.2) is 16.7 Å². The summed E-state index contributed by atoms with van der Waals surface area (Å²) in [7, 11) is 1.54. The summed E-state index contributed by atoms with van der Waals surface area (Å²) in [5.74, 6) is 0.590. The average molecular weight is 268 g/mol. The summed E-state index contributed by atoms with van der Waals surface area (Å²) in [6, 6.07) is 14.2. The van der Waals surface area contributed by atoms with Crippen LogP contribution in [0.25, 0.3) is 16.6 Å². The molecule has 0 aliphatic heterocycles. The molecule has 2 aromatic carbocycles. The minimum absolute atomic E-state index is 0.403. The molecule has 0 saturated carbocycles. The first-order valence-corrected chi connectivity index (χ1v) is 6.09. The summed E-state index contributed by atoms with van der Waals surface area (Å²) in [5, 5.41) is 0.439. The number of methoxy groups -OCH3 is 1. The van der Waals surface area contributed by atoms with Crippen molar-refractivity contribution in [2.75, 3.05) is 7.11 Å². The fourth-order valence-corrected chi connectivity index (χ4v) is 2.18. The van der Waals surface area contributed by atoms with Gasteiger partial charge < -0.3 is 4.74 Å². The molecule has 0 radical (unpaired) electrons.